The normalized spacial score (nSPS) is 6.96. The van der Waals surface area contributed by atoms with Crippen molar-refractivity contribution >= 4 is 35.8 Å². The number of carbonyl (C=O) groups excluding carboxylic acids is 4. The summed E-state index contributed by atoms with van der Waals surface area (Å²) in [5, 5.41) is 15.4. The highest BCUT2D eigenvalue weighted by Crippen LogP contribution is 1.69. The van der Waals surface area contributed by atoms with Crippen LogP contribution in [0.4, 0.5) is 0 Å². The van der Waals surface area contributed by atoms with Crippen LogP contribution in [-0.4, -0.2) is 74.5 Å². The van der Waals surface area contributed by atoms with Gasteiger partial charge in [0.1, 0.15) is 0 Å². The Hall–Kier alpha value is -3.18. The molecule has 12 nitrogen and oxygen atoms in total. The summed E-state index contributed by atoms with van der Waals surface area (Å²) in [6.07, 6.45) is 0. The highest BCUT2D eigenvalue weighted by atomic mass is 16.6. The molecule has 0 saturated heterocycles. The Kier molecular flexibility index (Phi) is 30.9. The number of carboxylic acids is 2. The third-order valence-corrected chi connectivity index (χ3v) is 1.29. The Bertz CT molecular complexity index is 387. The van der Waals surface area contributed by atoms with E-state index in [9.17, 15) is 28.8 Å². The minimum absolute atomic E-state index is 0. The predicted octanol–water partition coefficient (Wildman–Crippen LogP) is -0.517. The molecule has 2 N–H and O–H groups in total. The van der Waals surface area contributed by atoms with Gasteiger partial charge in [-0.25, -0.2) is 19.2 Å². The Labute approximate surface area is 144 Å². The zero-order valence-corrected chi connectivity index (χ0v) is 14.0. The lowest BCUT2D eigenvalue weighted by atomic mass is 10.7. The van der Waals surface area contributed by atoms with Gasteiger partial charge in [0.25, 0.3) is 0 Å². The number of hydrogen-bond donors (Lipinski definition) is 2. The van der Waals surface area contributed by atoms with Crippen LogP contribution in [-0.2, 0) is 47.7 Å². The number of carbonyl (C=O) groups is 6. The number of methoxy groups -OCH3 is 4. The van der Waals surface area contributed by atoms with Crippen molar-refractivity contribution in [3.05, 3.63) is 0 Å². The lowest BCUT2D eigenvalue weighted by Crippen LogP contribution is -2.13. The minimum atomic E-state index is -1.57. The van der Waals surface area contributed by atoms with Gasteiger partial charge >= 0.3 is 35.8 Å². The van der Waals surface area contributed by atoms with Gasteiger partial charge in [-0.1, -0.05) is 7.43 Å². The Morgan fingerprint density at radius 1 is 0.560 bits per heavy atom. The first-order chi connectivity index (χ1) is 10.9. The van der Waals surface area contributed by atoms with Gasteiger partial charge in [-0.2, -0.15) is 0 Å². The Morgan fingerprint density at radius 2 is 0.720 bits per heavy atom. The van der Waals surface area contributed by atoms with Crippen molar-refractivity contribution in [2.24, 2.45) is 0 Å². The number of esters is 4. The molecule has 0 amide bonds. The molecule has 0 aromatic rings. The highest BCUT2D eigenvalue weighted by molar-refractivity contribution is 6.28. The number of ether oxygens (including phenoxy) is 4. The maximum Gasteiger partial charge on any atom is 0.417 e. The fourth-order valence-electron chi connectivity index (χ4n) is 0.175. The average molecular weight is 372 g/mol. The van der Waals surface area contributed by atoms with Crippen LogP contribution in [0.2, 0.25) is 0 Å². The van der Waals surface area contributed by atoms with Crippen molar-refractivity contribution in [3.8, 4) is 0 Å². The van der Waals surface area contributed by atoms with Crippen LogP contribution in [0.15, 0.2) is 0 Å². The fraction of sp³-hybridized carbons (Fsp3) is 0.538. The van der Waals surface area contributed by atoms with Crippen LogP contribution in [0.3, 0.4) is 0 Å². The van der Waals surface area contributed by atoms with E-state index in [1.165, 1.54) is 28.1 Å². The van der Waals surface area contributed by atoms with E-state index in [1.54, 1.807) is 0 Å². The molecule has 0 aromatic heterocycles. The van der Waals surface area contributed by atoms with Crippen molar-refractivity contribution in [1.29, 1.82) is 0 Å². The second kappa shape index (κ2) is 23.1. The number of carboxylic acid groups (broad SMARTS) is 2. The van der Waals surface area contributed by atoms with Crippen molar-refractivity contribution < 1.29 is 57.9 Å². The molecule has 0 saturated carbocycles. The summed E-state index contributed by atoms with van der Waals surface area (Å²) in [6, 6.07) is 0. The molecule has 0 bridgehead atoms. The molecule has 0 aliphatic heterocycles. The summed E-state index contributed by atoms with van der Waals surface area (Å²) < 4.78 is 15.8. The number of hydrogen-bond acceptors (Lipinski definition) is 10. The zero-order valence-electron chi connectivity index (χ0n) is 14.0. The quantitative estimate of drug-likeness (QED) is 0.316. The second-order valence-corrected chi connectivity index (χ2v) is 2.98. The topological polar surface area (TPSA) is 180 Å². The zero-order chi connectivity index (χ0) is 20.3. The molecule has 148 valence electrons. The molecule has 0 fully saturated rings. The van der Waals surface area contributed by atoms with Crippen molar-refractivity contribution in [2.75, 3.05) is 28.4 Å². The van der Waals surface area contributed by atoms with E-state index in [0.717, 1.165) is 14.2 Å². The van der Waals surface area contributed by atoms with E-state index in [0.29, 0.717) is 0 Å². The van der Waals surface area contributed by atoms with Crippen LogP contribution in [0.1, 0.15) is 21.3 Å². The minimum Gasteiger partial charge on any atom is -0.473 e. The first kappa shape index (κ1) is 33.4. The van der Waals surface area contributed by atoms with Gasteiger partial charge in [0.15, 0.2) is 0 Å². The maximum atomic E-state index is 9.69. The lowest BCUT2D eigenvalue weighted by Gasteiger charge is -1.85. The number of aliphatic carboxylic acids is 2. The molecule has 0 aromatic carbocycles. The standard InChI is InChI=1S/2C3H4O4.2C3H6O2.CH4/c2*1-7-3(6)2(4)5;2*1-3(4)5-2;/h2*1H3,(H,4,5);2*1-2H3;1H4. The molecule has 0 atom stereocenters. The van der Waals surface area contributed by atoms with E-state index in [2.05, 4.69) is 18.9 Å². The summed E-state index contributed by atoms with van der Waals surface area (Å²) >= 11 is 0. The molecule has 0 aliphatic carbocycles. The molecule has 0 aliphatic rings. The average Bonchev–Trinajstić information content (AvgIpc) is 2.54. The largest absolute Gasteiger partial charge is 0.473 e. The molecular weight excluding hydrogens is 348 g/mol. The van der Waals surface area contributed by atoms with Gasteiger partial charge in [-0.3, -0.25) is 9.59 Å². The van der Waals surface area contributed by atoms with Crippen LogP contribution in [0.25, 0.3) is 0 Å². The Morgan fingerprint density at radius 3 is 0.720 bits per heavy atom. The van der Waals surface area contributed by atoms with Gasteiger partial charge in [-0.05, 0) is 0 Å². The number of rotatable bonds is 0. The summed E-state index contributed by atoms with van der Waals surface area (Å²) in [7, 11) is 4.72. The summed E-state index contributed by atoms with van der Waals surface area (Å²) in [5.74, 6) is -6.10. The van der Waals surface area contributed by atoms with Gasteiger partial charge in [-0.15, -0.1) is 0 Å². The van der Waals surface area contributed by atoms with Crippen LogP contribution in [0, 0.1) is 0 Å². The fourth-order valence-corrected chi connectivity index (χ4v) is 0.175. The van der Waals surface area contributed by atoms with Crippen LogP contribution in [0.5, 0.6) is 0 Å². The molecule has 25 heavy (non-hydrogen) atoms. The lowest BCUT2D eigenvalue weighted by molar-refractivity contribution is -0.161. The van der Waals surface area contributed by atoms with Gasteiger partial charge in [0.2, 0.25) is 0 Å². The highest BCUT2D eigenvalue weighted by Gasteiger charge is 2.08. The third-order valence-electron chi connectivity index (χ3n) is 1.29. The summed E-state index contributed by atoms with van der Waals surface area (Å²) in [4.78, 5) is 57.5. The SMILES string of the molecule is C.COC(=O)C(=O)O.COC(=O)C(=O)O.COC(C)=O.COC(C)=O. The first-order valence-electron chi connectivity index (χ1n) is 5.62. The van der Waals surface area contributed by atoms with Gasteiger partial charge < -0.3 is 29.2 Å². The van der Waals surface area contributed by atoms with Gasteiger partial charge in [0.05, 0.1) is 28.4 Å². The van der Waals surface area contributed by atoms with E-state index < -0.39 is 23.9 Å². The van der Waals surface area contributed by atoms with Crippen molar-refractivity contribution in [3.63, 3.8) is 0 Å². The van der Waals surface area contributed by atoms with Crippen LogP contribution >= 0.6 is 0 Å². The summed E-state index contributed by atoms with van der Waals surface area (Å²) in [5.41, 5.74) is 0. The van der Waals surface area contributed by atoms with Crippen molar-refractivity contribution in [1.82, 2.24) is 0 Å². The first-order valence-corrected chi connectivity index (χ1v) is 5.62. The second-order valence-electron chi connectivity index (χ2n) is 2.98. The smallest absolute Gasteiger partial charge is 0.417 e. The molecular formula is C13H24O12. The predicted molar refractivity (Wildman–Crippen MR) is 81.4 cm³/mol. The third kappa shape index (κ3) is 44.9. The van der Waals surface area contributed by atoms with E-state index in [4.69, 9.17) is 10.2 Å². The van der Waals surface area contributed by atoms with Gasteiger partial charge in [0, 0.05) is 13.8 Å². The molecule has 12 heteroatoms. The molecule has 0 rings (SSSR count). The van der Waals surface area contributed by atoms with E-state index >= 15 is 0 Å². The molecule has 0 heterocycles. The van der Waals surface area contributed by atoms with E-state index in [1.807, 2.05) is 0 Å². The van der Waals surface area contributed by atoms with Crippen molar-refractivity contribution in [2.45, 2.75) is 21.3 Å². The molecule has 0 radical (unpaired) electrons. The Balaban J connectivity index is -0.0000000711. The molecule has 0 spiro atoms. The summed E-state index contributed by atoms with van der Waals surface area (Å²) in [6.45, 7) is 2.72. The van der Waals surface area contributed by atoms with Crippen LogP contribution < -0.4 is 0 Å². The molecule has 0 unspecified atom stereocenters. The monoisotopic (exact) mass is 372 g/mol. The maximum absolute atomic E-state index is 9.69. The van der Waals surface area contributed by atoms with E-state index in [-0.39, 0.29) is 19.4 Å².